The zero-order chi connectivity index (χ0) is 9.72. The lowest BCUT2D eigenvalue weighted by Gasteiger charge is -2.07. The molecule has 0 bridgehead atoms. The number of allylic oxidation sites excluding steroid dienone is 1. The van der Waals surface area contributed by atoms with Crippen LogP contribution in [0.25, 0.3) is 0 Å². The van der Waals surface area contributed by atoms with Crippen molar-refractivity contribution in [1.29, 1.82) is 5.41 Å². The average molecular weight is 163 g/mol. The van der Waals surface area contributed by atoms with E-state index in [1.165, 1.54) is 0 Å². The fourth-order valence-corrected chi connectivity index (χ4v) is 0.385. The van der Waals surface area contributed by atoms with Crippen LogP contribution in [-0.2, 0) is 4.74 Å². The van der Waals surface area contributed by atoms with Gasteiger partial charge >= 0.3 is 0 Å². The van der Waals surface area contributed by atoms with Gasteiger partial charge in [0.05, 0.1) is 0 Å². The van der Waals surface area contributed by atoms with Gasteiger partial charge in [-0.25, -0.2) is 0 Å². The number of hydrogen-bond donors (Lipinski definition) is 1. The molecule has 0 aromatic rings. The van der Waals surface area contributed by atoms with Gasteiger partial charge in [0.25, 0.3) is 0 Å². The first-order chi connectivity index (χ1) is 5.49. The molecule has 0 aromatic carbocycles. The summed E-state index contributed by atoms with van der Waals surface area (Å²) in [5.74, 6) is 0.410. The second-order valence-electron chi connectivity index (χ2n) is 2.44. The van der Waals surface area contributed by atoms with E-state index in [4.69, 9.17) is 10.1 Å². The first-order valence-electron chi connectivity index (χ1n) is 3.47. The van der Waals surface area contributed by atoms with Crippen molar-refractivity contribution in [2.24, 2.45) is 0 Å². The van der Waals surface area contributed by atoms with Crippen molar-refractivity contribution < 1.29 is 4.74 Å². The summed E-state index contributed by atoms with van der Waals surface area (Å²) in [4.78, 5) is 0. The first-order valence-corrected chi connectivity index (χ1v) is 3.47. The van der Waals surface area contributed by atoms with E-state index >= 15 is 0 Å². The smallest absolute Gasteiger partial charge is 0.214 e. The Kier molecular flexibility index (Phi) is 3.81. The van der Waals surface area contributed by atoms with Crippen LogP contribution in [0.4, 0.5) is 0 Å². The molecule has 0 radical (unpaired) electrons. The number of hydrogen-bond acceptors (Lipinski definition) is 2. The zero-order valence-electron chi connectivity index (χ0n) is 7.53. The van der Waals surface area contributed by atoms with E-state index in [0.717, 1.165) is 0 Å². The topological polar surface area (TPSA) is 33.1 Å². The second-order valence-corrected chi connectivity index (χ2v) is 2.44. The van der Waals surface area contributed by atoms with Crippen molar-refractivity contribution in [3.8, 4) is 0 Å². The summed E-state index contributed by atoms with van der Waals surface area (Å²) in [7, 11) is 0. The van der Waals surface area contributed by atoms with Gasteiger partial charge in [0.1, 0.15) is 5.76 Å². The van der Waals surface area contributed by atoms with Gasteiger partial charge in [-0.2, -0.15) is 0 Å². The Morgan fingerprint density at radius 2 is 1.83 bits per heavy atom. The van der Waals surface area contributed by atoms with E-state index in [2.05, 4.69) is 25.5 Å². The van der Waals surface area contributed by atoms with Crippen molar-refractivity contribution >= 4 is 5.90 Å². The molecule has 0 aliphatic carbocycles. The van der Waals surface area contributed by atoms with Gasteiger partial charge in [0, 0.05) is 11.1 Å². The molecule has 2 nitrogen and oxygen atoms in total. The van der Waals surface area contributed by atoms with Crippen LogP contribution in [-0.4, -0.2) is 5.90 Å². The Morgan fingerprint density at radius 1 is 1.33 bits per heavy atom. The summed E-state index contributed by atoms with van der Waals surface area (Å²) in [6, 6.07) is 0. The van der Waals surface area contributed by atoms with Gasteiger partial charge in [0.15, 0.2) is 0 Å². The summed E-state index contributed by atoms with van der Waals surface area (Å²) >= 11 is 0. The van der Waals surface area contributed by atoms with Crippen molar-refractivity contribution in [2.45, 2.75) is 13.8 Å². The Balaban J connectivity index is 4.30. The monoisotopic (exact) mass is 163 g/mol. The fourth-order valence-electron chi connectivity index (χ4n) is 0.385. The summed E-state index contributed by atoms with van der Waals surface area (Å²) in [5.41, 5.74) is 3.88. The normalized spacial score (nSPS) is 8.17. The number of rotatable bonds is 3. The largest absolute Gasteiger partial charge is 0.439 e. The lowest BCUT2D eigenvalue weighted by atomic mass is 10.3. The molecule has 0 fully saturated rings. The zero-order valence-corrected chi connectivity index (χ0v) is 7.53. The minimum Gasteiger partial charge on any atom is -0.439 e. The highest BCUT2D eigenvalue weighted by Crippen LogP contribution is 2.08. The molecule has 0 saturated carbocycles. The van der Waals surface area contributed by atoms with Gasteiger partial charge in [0.2, 0.25) is 5.90 Å². The molecule has 0 spiro atoms. The lowest BCUT2D eigenvalue weighted by molar-refractivity contribution is 0.425. The van der Waals surface area contributed by atoms with E-state index in [1.54, 1.807) is 13.8 Å². The van der Waals surface area contributed by atoms with Crippen LogP contribution in [0.15, 0.2) is 42.4 Å². The maximum Gasteiger partial charge on any atom is 0.214 e. The molecule has 0 aromatic heterocycles. The summed E-state index contributed by atoms with van der Waals surface area (Å²) in [5, 5.41) is 7.30. The van der Waals surface area contributed by atoms with Gasteiger partial charge in [-0.15, -0.1) is 5.73 Å². The molecule has 0 atom stereocenters. The third-order valence-electron chi connectivity index (χ3n) is 1.30. The molecule has 1 N–H and O–H groups in total. The van der Waals surface area contributed by atoms with E-state index in [1.807, 2.05) is 0 Å². The Bertz CT molecular complexity index is 280. The molecule has 0 aliphatic rings. The predicted octanol–water partition coefficient (Wildman–Crippen LogP) is 2.80. The number of nitrogens with one attached hydrogen (secondary N) is 1. The molecule has 12 heavy (non-hydrogen) atoms. The van der Waals surface area contributed by atoms with Crippen molar-refractivity contribution in [2.75, 3.05) is 0 Å². The highest BCUT2D eigenvalue weighted by molar-refractivity contribution is 5.90. The van der Waals surface area contributed by atoms with E-state index < -0.39 is 0 Å². The summed E-state index contributed by atoms with van der Waals surface area (Å²) in [6.45, 7) is 14.1. The molecular weight excluding hydrogens is 150 g/mol. The Labute approximate surface area is 73.1 Å². The van der Waals surface area contributed by atoms with Crippen molar-refractivity contribution in [3.05, 3.63) is 42.4 Å². The fraction of sp³-hybridized carbons (Fsp3) is 0.200. The molecule has 0 unspecified atom stereocenters. The minimum absolute atomic E-state index is 0.0228. The van der Waals surface area contributed by atoms with Crippen LogP contribution in [0.5, 0.6) is 0 Å². The predicted molar refractivity (Wildman–Crippen MR) is 51.1 cm³/mol. The van der Waals surface area contributed by atoms with E-state index in [0.29, 0.717) is 16.9 Å². The molecule has 0 amide bonds. The molecule has 0 aliphatic heterocycles. The molecule has 0 saturated heterocycles. The average Bonchev–Trinajstić information content (AvgIpc) is 2.02. The highest BCUT2D eigenvalue weighted by atomic mass is 16.5. The number of ether oxygens (including phenoxy) is 1. The Hall–Kier alpha value is -1.53. The standard InChI is InChI=1S/C10H13NO/c1-6-8(4)9(5)12-10(11)7(2)3/h11H,1-2,5H2,3-4H3. The van der Waals surface area contributed by atoms with Crippen LogP contribution >= 0.6 is 0 Å². The Morgan fingerprint density at radius 3 is 2.17 bits per heavy atom. The quantitative estimate of drug-likeness (QED) is 0.224. The first kappa shape index (κ1) is 10.5. The van der Waals surface area contributed by atoms with E-state index in [9.17, 15) is 0 Å². The molecule has 0 rings (SSSR count). The van der Waals surface area contributed by atoms with Crippen molar-refractivity contribution in [1.82, 2.24) is 0 Å². The van der Waals surface area contributed by atoms with Gasteiger partial charge in [-0.05, 0) is 13.8 Å². The maximum atomic E-state index is 7.30. The molecule has 2 heteroatoms. The molecule has 0 heterocycles. The van der Waals surface area contributed by atoms with Crippen LogP contribution in [0.3, 0.4) is 0 Å². The van der Waals surface area contributed by atoms with Crippen molar-refractivity contribution in [3.63, 3.8) is 0 Å². The molecule has 64 valence electrons. The maximum absolute atomic E-state index is 7.30. The second kappa shape index (κ2) is 4.37. The van der Waals surface area contributed by atoms with Crippen LogP contribution in [0.1, 0.15) is 13.8 Å². The van der Waals surface area contributed by atoms with Gasteiger partial charge in [-0.3, -0.25) is 5.41 Å². The van der Waals surface area contributed by atoms with Gasteiger partial charge in [-0.1, -0.05) is 19.7 Å². The van der Waals surface area contributed by atoms with E-state index in [-0.39, 0.29) is 5.90 Å². The third kappa shape index (κ3) is 3.04. The third-order valence-corrected chi connectivity index (χ3v) is 1.30. The SMILES string of the molecule is C=C=C(C)C(=C)OC(=N)C(=C)C. The minimum atomic E-state index is 0.0228. The van der Waals surface area contributed by atoms with Crippen LogP contribution < -0.4 is 0 Å². The lowest BCUT2D eigenvalue weighted by Crippen LogP contribution is -2.03. The molecular formula is C10H13NO. The van der Waals surface area contributed by atoms with Gasteiger partial charge < -0.3 is 4.74 Å². The summed E-state index contributed by atoms with van der Waals surface area (Å²) < 4.78 is 5.01. The van der Waals surface area contributed by atoms with Crippen LogP contribution in [0.2, 0.25) is 0 Å². The summed E-state index contributed by atoms with van der Waals surface area (Å²) in [6.07, 6.45) is 0. The highest BCUT2D eigenvalue weighted by Gasteiger charge is 2.02. The van der Waals surface area contributed by atoms with Crippen LogP contribution in [0, 0.1) is 5.41 Å².